The van der Waals surface area contributed by atoms with E-state index in [-0.39, 0.29) is 16.6 Å². The van der Waals surface area contributed by atoms with Crippen LogP contribution in [0.15, 0.2) is 42.5 Å². The Hall–Kier alpha value is -2.58. The Bertz CT molecular complexity index is 740. The molecule has 0 heterocycles. The van der Waals surface area contributed by atoms with E-state index in [4.69, 9.17) is 16.9 Å². The maximum atomic E-state index is 13.7. The van der Waals surface area contributed by atoms with Crippen LogP contribution in [0.5, 0.6) is 0 Å². The first kappa shape index (κ1) is 16.8. The largest absolute Gasteiger partial charge is 0.374 e. The van der Waals surface area contributed by atoms with Crippen LogP contribution in [0.2, 0.25) is 5.02 Å². The molecule has 0 radical (unpaired) electrons. The second kappa shape index (κ2) is 7.61. The zero-order valence-corrected chi connectivity index (χ0v) is 13.2. The number of nitrogens with zero attached hydrogens (tertiary/aromatic N) is 1. The monoisotopic (exact) mass is 331 g/mol. The highest BCUT2D eigenvalue weighted by molar-refractivity contribution is 6.30. The van der Waals surface area contributed by atoms with E-state index in [9.17, 15) is 9.18 Å². The molecule has 1 atom stereocenters. The van der Waals surface area contributed by atoms with E-state index in [1.54, 1.807) is 19.1 Å². The van der Waals surface area contributed by atoms with Crippen LogP contribution in [-0.2, 0) is 11.2 Å². The third kappa shape index (κ3) is 4.70. The standard InChI is InChI=1S/C17H15ClFN3O/c1-11(21-14-5-2-12(3-6-14)8-9-20)17(23)22-16-7-4-13(18)10-15(16)19/h2-7,10-11,21H,8H2,1H3,(H,22,23). The first-order valence-corrected chi connectivity index (χ1v) is 7.35. The zero-order chi connectivity index (χ0) is 16.8. The molecule has 4 nitrogen and oxygen atoms in total. The van der Waals surface area contributed by atoms with Gasteiger partial charge in [-0.05, 0) is 42.8 Å². The number of hydrogen-bond donors (Lipinski definition) is 2. The van der Waals surface area contributed by atoms with Gasteiger partial charge in [-0.2, -0.15) is 5.26 Å². The molecule has 0 saturated carbocycles. The number of benzene rings is 2. The maximum Gasteiger partial charge on any atom is 0.246 e. The van der Waals surface area contributed by atoms with Gasteiger partial charge in [0.1, 0.15) is 11.9 Å². The van der Waals surface area contributed by atoms with E-state index in [0.717, 1.165) is 17.3 Å². The Morgan fingerprint density at radius 2 is 2.00 bits per heavy atom. The molecule has 0 bridgehead atoms. The minimum atomic E-state index is -0.584. The fourth-order valence-electron chi connectivity index (χ4n) is 1.96. The maximum absolute atomic E-state index is 13.7. The first-order chi connectivity index (χ1) is 11.0. The average Bonchev–Trinajstić information content (AvgIpc) is 2.52. The number of anilines is 2. The SMILES string of the molecule is CC(Nc1ccc(CC#N)cc1)C(=O)Nc1ccc(Cl)cc1F. The average molecular weight is 332 g/mol. The smallest absolute Gasteiger partial charge is 0.246 e. The highest BCUT2D eigenvalue weighted by Gasteiger charge is 2.14. The van der Waals surface area contributed by atoms with Gasteiger partial charge in [-0.1, -0.05) is 23.7 Å². The second-order valence-electron chi connectivity index (χ2n) is 5.01. The van der Waals surface area contributed by atoms with Crippen LogP contribution in [0, 0.1) is 17.1 Å². The Morgan fingerprint density at radius 3 is 2.61 bits per heavy atom. The molecule has 2 N–H and O–H groups in total. The summed E-state index contributed by atoms with van der Waals surface area (Å²) in [5.41, 5.74) is 1.72. The van der Waals surface area contributed by atoms with Crippen LogP contribution < -0.4 is 10.6 Å². The van der Waals surface area contributed by atoms with Gasteiger partial charge in [0.15, 0.2) is 0 Å². The molecule has 0 saturated heterocycles. The normalized spacial score (nSPS) is 11.4. The summed E-state index contributed by atoms with van der Waals surface area (Å²) >= 11 is 5.67. The number of hydrogen-bond acceptors (Lipinski definition) is 3. The summed E-state index contributed by atoms with van der Waals surface area (Å²) < 4.78 is 13.7. The molecule has 6 heteroatoms. The van der Waals surface area contributed by atoms with E-state index in [1.807, 2.05) is 12.1 Å². The summed E-state index contributed by atoms with van der Waals surface area (Å²) in [5, 5.41) is 14.4. The summed E-state index contributed by atoms with van der Waals surface area (Å²) in [6, 6.07) is 12.8. The Balaban J connectivity index is 1.98. The van der Waals surface area contributed by atoms with Gasteiger partial charge in [-0.15, -0.1) is 0 Å². The van der Waals surface area contributed by atoms with Crippen molar-refractivity contribution >= 4 is 28.9 Å². The van der Waals surface area contributed by atoms with Gasteiger partial charge in [-0.25, -0.2) is 4.39 Å². The lowest BCUT2D eigenvalue weighted by atomic mass is 10.1. The number of nitriles is 1. The van der Waals surface area contributed by atoms with Crippen molar-refractivity contribution < 1.29 is 9.18 Å². The molecular formula is C17H15ClFN3O. The van der Waals surface area contributed by atoms with E-state index in [2.05, 4.69) is 16.7 Å². The third-order valence-electron chi connectivity index (χ3n) is 3.20. The highest BCUT2D eigenvalue weighted by Crippen LogP contribution is 2.19. The van der Waals surface area contributed by atoms with E-state index in [0.29, 0.717) is 6.42 Å². The van der Waals surface area contributed by atoms with Crippen LogP contribution in [-0.4, -0.2) is 11.9 Å². The quantitative estimate of drug-likeness (QED) is 0.870. The molecule has 0 spiro atoms. The Kier molecular flexibility index (Phi) is 5.56. The van der Waals surface area contributed by atoms with Crippen molar-refractivity contribution in [3.05, 3.63) is 58.9 Å². The number of rotatable bonds is 5. The molecule has 2 aromatic carbocycles. The van der Waals surface area contributed by atoms with Crippen molar-refractivity contribution in [2.24, 2.45) is 0 Å². The van der Waals surface area contributed by atoms with Gasteiger partial charge in [0, 0.05) is 10.7 Å². The summed E-state index contributed by atoms with van der Waals surface area (Å²) in [6.07, 6.45) is 0.339. The number of nitrogens with one attached hydrogen (secondary N) is 2. The lowest BCUT2D eigenvalue weighted by molar-refractivity contribution is -0.116. The van der Waals surface area contributed by atoms with Crippen LogP contribution >= 0.6 is 11.6 Å². The Labute approximate surface area is 138 Å². The summed E-state index contributed by atoms with van der Waals surface area (Å²) in [7, 11) is 0. The van der Waals surface area contributed by atoms with E-state index >= 15 is 0 Å². The third-order valence-corrected chi connectivity index (χ3v) is 3.44. The van der Waals surface area contributed by atoms with Crippen molar-refractivity contribution in [2.45, 2.75) is 19.4 Å². The van der Waals surface area contributed by atoms with Gasteiger partial charge in [0.2, 0.25) is 5.91 Å². The molecule has 1 amide bonds. The van der Waals surface area contributed by atoms with Gasteiger partial charge >= 0.3 is 0 Å². The summed E-state index contributed by atoms with van der Waals surface area (Å²) in [5.74, 6) is -0.953. The van der Waals surface area contributed by atoms with Crippen molar-refractivity contribution in [3.63, 3.8) is 0 Å². The first-order valence-electron chi connectivity index (χ1n) is 6.98. The van der Waals surface area contributed by atoms with Crippen molar-refractivity contribution in [2.75, 3.05) is 10.6 Å². The Morgan fingerprint density at radius 1 is 1.30 bits per heavy atom. The molecule has 0 aliphatic rings. The minimum Gasteiger partial charge on any atom is -0.374 e. The summed E-state index contributed by atoms with van der Waals surface area (Å²) in [6.45, 7) is 1.67. The lowest BCUT2D eigenvalue weighted by Crippen LogP contribution is -2.32. The number of carbonyl (C=O) groups is 1. The van der Waals surface area contributed by atoms with E-state index < -0.39 is 11.9 Å². The van der Waals surface area contributed by atoms with Crippen molar-refractivity contribution in [1.82, 2.24) is 0 Å². The van der Waals surface area contributed by atoms with Crippen molar-refractivity contribution in [1.29, 1.82) is 5.26 Å². The molecule has 23 heavy (non-hydrogen) atoms. The predicted octanol–water partition coefficient (Wildman–Crippen LogP) is 3.98. The molecule has 2 aromatic rings. The fourth-order valence-corrected chi connectivity index (χ4v) is 2.12. The number of carbonyl (C=O) groups excluding carboxylic acids is 1. The van der Waals surface area contributed by atoms with Gasteiger partial charge < -0.3 is 10.6 Å². The predicted molar refractivity (Wildman–Crippen MR) is 88.9 cm³/mol. The molecule has 0 aliphatic carbocycles. The molecule has 0 aliphatic heterocycles. The van der Waals surface area contributed by atoms with Gasteiger partial charge in [0.25, 0.3) is 0 Å². The van der Waals surface area contributed by atoms with Gasteiger partial charge in [-0.3, -0.25) is 4.79 Å². The summed E-state index contributed by atoms with van der Waals surface area (Å²) in [4.78, 5) is 12.1. The number of amides is 1. The minimum absolute atomic E-state index is 0.0809. The van der Waals surface area contributed by atoms with Crippen LogP contribution in [0.1, 0.15) is 12.5 Å². The molecule has 118 valence electrons. The zero-order valence-electron chi connectivity index (χ0n) is 12.4. The van der Waals surface area contributed by atoms with Gasteiger partial charge in [0.05, 0.1) is 18.2 Å². The molecule has 1 unspecified atom stereocenters. The fraction of sp³-hybridized carbons (Fsp3) is 0.176. The van der Waals surface area contributed by atoms with E-state index in [1.165, 1.54) is 12.1 Å². The highest BCUT2D eigenvalue weighted by atomic mass is 35.5. The van der Waals surface area contributed by atoms with Crippen LogP contribution in [0.4, 0.5) is 15.8 Å². The molecule has 0 aromatic heterocycles. The van der Waals surface area contributed by atoms with Crippen molar-refractivity contribution in [3.8, 4) is 6.07 Å². The number of halogens is 2. The molecular weight excluding hydrogens is 317 g/mol. The topological polar surface area (TPSA) is 64.9 Å². The van der Waals surface area contributed by atoms with Crippen LogP contribution in [0.25, 0.3) is 0 Å². The van der Waals surface area contributed by atoms with Crippen LogP contribution in [0.3, 0.4) is 0 Å². The molecule has 0 fully saturated rings. The second-order valence-corrected chi connectivity index (χ2v) is 5.45. The lowest BCUT2D eigenvalue weighted by Gasteiger charge is -2.16. The molecule has 2 rings (SSSR count).